The van der Waals surface area contributed by atoms with Crippen LogP contribution in [0.2, 0.25) is 0 Å². The van der Waals surface area contributed by atoms with E-state index in [1.54, 1.807) is 0 Å². The first-order valence-electron chi connectivity index (χ1n) is 6.28. The van der Waals surface area contributed by atoms with Crippen LogP contribution in [0.25, 0.3) is 10.9 Å². The van der Waals surface area contributed by atoms with E-state index in [-0.39, 0.29) is 0 Å². The second kappa shape index (κ2) is 5.10. The third-order valence-electron chi connectivity index (χ3n) is 3.29. The molecular formula is C16H15BrN2. The lowest BCUT2D eigenvalue weighted by Gasteiger charge is -2.08. The number of fused-ring (bicyclic) bond motifs is 1. The van der Waals surface area contributed by atoms with Crippen LogP contribution in [-0.2, 0) is 6.54 Å². The second-order valence-electron chi connectivity index (χ2n) is 4.72. The standard InChI is InChI=1S/C16H15BrN2/c1-11-2-5-14(9-15(11)17)19-10-12-3-4-13-6-7-18-16(13)8-12/h2-9,18-19H,10H2,1H3. The van der Waals surface area contributed by atoms with E-state index in [0.29, 0.717) is 0 Å². The largest absolute Gasteiger partial charge is 0.381 e. The molecule has 0 fully saturated rings. The Kier molecular flexibility index (Phi) is 3.30. The summed E-state index contributed by atoms with van der Waals surface area (Å²) >= 11 is 3.55. The lowest BCUT2D eigenvalue weighted by Crippen LogP contribution is -1.99. The quantitative estimate of drug-likeness (QED) is 0.710. The fraction of sp³-hybridized carbons (Fsp3) is 0.125. The van der Waals surface area contributed by atoms with E-state index in [1.807, 2.05) is 6.20 Å². The number of aromatic nitrogens is 1. The van der Waals surface area contributed by atoms with Gasteiger partial charge in [0.05, 0.1) is 0 Å². The highest BCUT2D eigenvalue weighted by molar-refractivity contribution is 9.10. The predicted molar refractivity (Wildman–Crippen MR) is 84.5 cm³/mol. The van der Waals surface area contributed by atoms with Crippen LogP contribution in [0.3, 0.4) is 0 Å². The fourth-order valence-corrected chi connectivity index (χ4v) is 2.49. The summed E-state index contributed by atoms with van der Waals surface area (Å²) in [5.74, 6) is 0. The van der Waals surface area contributed by atoms with Gasteiger partial charge in [-0.05, 0) is 47.7 Å². The highest BCUT2D eigenvalue weighted by Gasteiger charge is 1.99. The molecule has 2 nitrogen and oxygen atoms in total. The van der Waals surface area contributed by atoms with Gasteiger partial charge in [0.1, 0.15) is 0 Å². The number of rotatable bonds is 3. The number of hydrogen-bond donors (Lipinski definition) is 2. The average molecular weight is 315 g/mol. The maximum atomic E-state index is 3.55. The zero-order chi connectivity index (χ0) is 13.2. The van der Waals surface area contributed by atoms with Crippen LogP contribution in [0.4, 0.5) is 5.69 Å². The topological polar surface area (TPSA) is 27.8 Å². The predicted octanol–water partition coefficient (Wildman–Crippen LogP) is 4.85. The first-order valence-corrected chi connectivity index (χ1v) is 7.08. The van der Waals surface area contributed by atoms with Gasteiger partial charge in [-0.15, -0.1) is 0 Å². The van der Waals surface area contributed by atoms with Crippen molar-refractivity contribution < 1.29 is 0 Å². The van der Waals surface area contributed by atoms with Gasteiger partial charge in [0.2, 0.25) is 0 Å². The lowest BCUT2D eigenvalue weighted by atomic mass is 10.1. The first-order chi connectivity index (χ1) is 9.22. The lowest BCUT2D eigenvalue weighted by molar-refractivity contribution is 1.15. The summed E-state index contributed by atoms with van der Waals surface area (Å²) < 4.78 is 1.14. The molecule has 0 unspecified atom stereocenters. The Labute approximate surface area is 121 Å². The van der Waals surface area contributed by atoms with Crippen molar-refractivity contribution >= 4 is 32.5 Å². The Morgan fingerprint density at radius 3 is 2.84 bits per heavy atom. The van der Waals surface area contributed by atoms with Crippen LogP contribution in [0, 0.1) is 6.92 Å². The third kappa shape index (κ3) is 2.66. The molecule has 0 spiro atoms. The third-order valence-corrected chi connectivity index (χ3v) is 4.14. The van der Waals surface area contributed by atoms with Crippen LogP contribution >= 0.6 is 15.9 Å². The van der Waals surface area contributed by atoms with Crippen LogP contribution in [0.1, 0.15) is 11.1 Å². The molecule has 0 radical (unpaired) electrons. The SMILES string of the molecule is Cc1ccc(NCc2ccc3cc[nH]c3c2)cc1Br. The average Bonchev–Trinajstić information content (AvgIpc) is 2.87. The van der Waals surface area contributed by atoms with E-state index in [1.165, 1.54) is 22.0 Å². The van der Waals surface area contributed by atoms with Gasteiger partial charge in [0.15, 0.2) is 0 Å². The molecule has 1 aromatic heterocycles. The monoisotopic (exact) mass is 314 g/mol. The van der Waals surface area contributed by atoms with Gasteiger partial charge in [0.25, 0.3) is 0 Å². The van der Waals surface area contributed by atoms with Crippen molar-refractivity contribution in [3.05, 3.63) is 64.3 Å². The molecule has 96 valence electrons. The Morgan fingerprint density at radius 1 is 1.11 bits per heavy atom. The molecule has 0 saturated heterocycles. The Morgan fingerprint density at radius 2 is 2.00 bits per heavy atom. The molecule has 1 heterocycles. The van der Waals surface area contributed by atoms with Gasteiger partial charge in [-0.3, -0.25) is 0 Å². The number of aryl methyl sites for hydroxylation is 1. The Balaban J connectivity index is 1.75. The summed E-state index contributed by atoms with van der Waals surface area (Å²) in [4.78, 5) is 3.24. The minimum atomic E-state index is 0.824. The molecule has 19 heavy (non-hydrogen) atoms. The highest BCUT2D eigenvalue weighted by Crippen LogP contribution is 2.21. The molecule has 3 heteroatoms. The fourth-order valence-electron chi connectivity index (χ4n) is 2.11. The van der Waals surface area contributed by atoms with E-state index in [9.17, 15) is 0 Å². The van der Waals surface area contributed by atoms with Crippen molar-refractivity contribution in [3.63, 3.8) is 0 Å². The maximum Gasteiger partial charge on any atom is 0.0457 e. The van der Waals surface area contributed by atoms with Crippen molar-refractivity contribution in [2.24, 2.45) is 0 Å². The van der Waals surface area contributed by atoms with E-state index in [2.05, 4.69) is 75.6 Å². The number of benzene rings is 2. The molecular weight excluding hydrogens is 300 g/mol. The van der Waals surface area contributed by atoms with Crippen molar-refractivity contribution in [3.8, 4) is 0 Å². The van der Waals surface area contributed by atoms with Crippen molar-refractivity contribution in [2.45, 2.75) is 13.5 Å². The molecule has 3 aromatic rings. The van der Waals surface area contributed by atoms with Gasteiger partial charge in [-0.2, -0.15) is 0 Å². The molecule has 0 aliphatic heterocycles. The van der Waals surface area contributed by atoms with Crippen molar-refractivity contribution in [2.75, 3.05) is 5.32 Å². The van der Waals surface area contributed by atoms with Gasteiger partial charge in [0, 0.05) is 28.4 Å². The zero-order valence-electron chi connectivity index (χ0n) is 10.7. The summed E-state index contributed by atoms with van der Waals surface area (Å²) in [6, 6.07) is 14.9. The summed E-state index contributed by atoms with van der Waals surface area (Å²) in [6.07, 6.45) is 1.97. The summed E-state index contributed by atoms with van der Waals surface area (Å²) in [5.41, 5.74) is 4.83. The van der Waals surface area contributed by atoms with Gasteiger partial charge >= 0.3 is 0 Å². The molecule has 0 aliphatic carbocycles. The van der Waals surface area contributed by atoms with Gasteiger partial charge in [-0.25, -0.2) is 0 Å². The molecule has 0 bridgehead atoms. The van der Waals surface area contributed by atoms with Gasteiger partial charge < -0.3 is 10.3 Å². The van der Waals surface area contributed by atoms with E-state index < -0.39 is 0 Å². The van der Waals surface area contributed by atoms with Crippen LogP contribution < -0.4 is 5.32 Å². The number of halogens is 1. The van der Waals surface area contributed by atoms with Crippen LogP contribution in [0.5, 0.6) is 0 Å². The highest BCUT2D eigenvalue weighted by atomic mass is 79.9. The van der Waals surface area contributed by atoms with Crippen molar-refractivity contribution in [1.29, 1.82) is 0 Å². The molecule has 2 aromatic carbocycles. The van der Waals surface area contributed by atoms with E-state index in [4.69, 9.17) is 0 Å². The Hall–Kier alpha value is -1.74. The maximum absolute atomic E-state index is 3.55. The normalized spacial score (nSPS) is 10.8. The summed E-state index contributed by atoms with van der Waals surface area (Å²) in [7, 11) is 0. The van der Waals surface area contributed by atoms with Crippen LogP contribution in [0.15, 0.2) is 53.1 Å². The number of anilines is 1. The van der Waals surface area contributed by atoms with E-state index >= 15 is 0 Å². The number of hydrogen-bond acceptors (Lipinski definition) is 1. The Bertz CT molecular complexity index is 716. The molecule has 0 saturated carbocycles. The summed E-state index contributed by atoms with van der Waals surface area (Å²) in [5, 5.41) is 4.69. The number of nitrogens with one attached hydrogen (secondary N) is 2. The zero-order valence-corrected chi connectivity index (χ0v) is 12.3. The number of H-pyrrole nitrogens is 1. The number of aromatic amines is 1. The minimum absolute atomic E-state index is 0.824. The second-order valence-corrected chi connectivity index (χ2v) is 5.57. The molecule has 2 N–H and O–H groups in total. The first kappa shape index (κ1) is 12.3. The van der Waals surface area contributed by atoms with Crippen molar-refractivity contribution in [1.82, 2.24) is 4.98 Å². The minimum Gasteiger partial charge on any atom is -0.381 e. The van der Waals surface area contributed by atoms with Gasteiger partial charge in [-0.1, -0.05) is 34.1 Å². The summed E-state index contributed by atoms with van der Waals surface area (Å²) in [6.45, 7) is 2.91. The van der Waals surface area contributed by atoms with Crippen LogP contribution in [-0.4, -0.2) is 4.98 Å². The van der Waals surface area contributed by atoms with E-state index in [0.717, 1.165) is 16.7 Å². The molecule has 0 atom stereocenters. The smallest absolute Gasteiger partial charge is 0.0457 e. The molecule has 0 aliphatic rings. The molecule has 0 amide bonds. The molecule has 3 rings (SSSR count).